The van der Waals surface area contributed by atoms with Crippen LogP contribution in [0.2, 0.25) is 0 Å². The molecular weight excluding hydrogens is 258 g/mol. The van der Waals surface area contributed by atoms with Gasteiger partial charge in [0.1, 0.15) is 17.9 Å². The lowest BCUT2D eigenvalue weighted by molar-refractivity contribution is -0.385. The highest BCUT2D eigenvalue weighted by molar-refractivity contribution is 5.48. The Balaban J connectivity index is 2.82. The number of hydrogen-bond donors (Lipinski definition) is 1. The third-order valence-corrected chi connectivity index (χ3v) is 2.98. The normalized spacial score (nSPS) is 13.3. The molecule has 6 nitrogen and oxygen atoms in total. The second-order valence-corrected chi connectivity index (χ2v) is 4.82. The average Bonchev–Trinajstić information content (AvgIpc) is 2.43. The lowest BCUT2D eigenvalue weighted by Gasteiger charge is -2.23. The Morgan fingerprint density at radius 3 is 2.80 bits per heavy atom. The SMILES string of the molecule is CCCNC(C)(C#N)COc1cccc([N+](=O)[O-])c1C. The van der Waals surface area contributed by atoms with E-state index in [4.69, 9.17) is 4.74 Å². The van der Waals surface area contributed by atoms with E-state index in [2.05, 4.69) is 11.4 Å². The number of nitriles is 1. The quantitative estimate of drug-likeness (QED) is 0.611. The number of nitrogens with one attached hydrogen (secondary N) is 1. The molecule has 0 fully saturated rings. The van der Waals surface area contributed by atoms with Crippen LogP contribution >= 0.6 is 0 Å². The number of benzene rings is 1. The topological polar surface area (TPSA) is 88.2 Å². The molecule has 0 aliphatic heterocycles. The van der Waals surface area contributed by atoms with E-state index in [1.165, 1.54) is 6.07 Å². The van der Waals surface area contributed by atoms with Gasteiger partial charge in [0, 0.05) is 6.07 Å². The van der Waals surface area contributed by atoms with E-state index in [1.54, 1.807) is 26.0 Å². The number of nitro groups is 1. The van der Waals surface area contributed by atoms with Crippen molar-refractivity contribution < 1.29 is 9.66 Å². The first kappa shape index (κ1) is 15.9. The van der Waals surface area contributed by atoms with Gasteiger partial charge in [-0.2, -0.15) is 5.26 Å². The van der Waals surface area contributed by atoms with E-state index in [0.717, 1.165) is 6.42 Å². The van der Waals surface area contributed by atoms with Crippen molar-refractivity contribution in [2.75, 3.05) is 13.2 Å². The van der Waals surface area contributed by atoms with E-state index in [-0.39, 0.29) is 12.3 Å². The zero-order valence-corrected chi connectivity index (χ0v) is 12.0. The maximum absolute atomic E-state index is 10.9. The van der Waals surface area contributed by atoms with Crippen molar-refractivity contribution in [1.29, 1.82) is 5.26 Å². The van der Waals surface area contributed by atoms with Crippen molar-refractivity contribution in [3.63, 3.8) is 0 Å². The number of nitrogens with zero attached hydrogens (tertiary/aromatic N) is 2. The minimum absolute atomic E-state index is 0.0164. The van der Waals surface area contributed by atoms with E-state index < -0.39 is 10.5 Å². The summed E-state index contributed by atoms with van der Waals surface area (Å²) in [5.41, 5.74) is -0.330. The van der Waals surface area contributed by atoms with Crippen LogP contribution in [0.3, 0.4) is 0 Å². The molecule has 1 aromatic carbocycles. The molecule has 108 valence electrons. The molecule has 0 saturated heterocycles. The molecule has 0 amide bonds. The van der Waals surface area contributed by atoms with Crippen molar-refractivity contribution in [3.05, 3.63) is 33.9 Å². The van der Waals surface area contributed by atoms with Crippen LogP contribution in [0.1, 0.15) is 25.8 Å². The molecule has 1 aromatic rings. The van der Waals surface area contributed by atoms with Gasteiger partial charge in [-0.25, -0.2) is 0 Å². The molecule has 0 saturated carbocycles. The van der Waals surface area contributed by atoms with Crippen LogP contribution in [-0.2, 0) is 0 Å². The van der Waals surface area contributed by atoms with Crippen molar-refractivity contribution in [2.24, 2.45) is 0 Å². The second kappa shape index (κ2) is 6.87. The second-order valence-electron chi connectivity index (χ2n) is 4.82. The van der Waals surface area contributed by atoms with E-state index >= 15 is 0 Å². The van der Waals surface area contributed by atoms with Crippen LogP contribution in [-0.4, -0.2) is 23.6 Å². The van der Waals surface area contributed by atoms with Crippen LogP contribution in [0.15, 0.2) is 18.2 Å². The Labute approximate surface area is 118 Å². The highest BCUT2D eigenvalue weighted by Crippen LogP contribution is 2.27. The molecule has 0 aliphatic rings. The van der Waals surface area contributed by atoms with E-state index in [0.29, 0.717) is 17.9 Å². The highest BCUT2D eigenvalue weighted by Gasteiger charge is 2.25. The molecule has 0 heterocycles. The van der Waals surface area contributed by atoms with Gasteiger partial charge in [0.05, 0.1) is 16.6 Å². The first-order valence-corrected chi connectivity index (χ1v) is 6.46. The van der Waals surface area contributed by atoms with E-state index in [9.17, 15) is 15.4 Å². The maximum atomic E-state index is 10.9. The van der Waals surface area contributed by atoms with Crippen LogP contribution in [0.4, 0.5) is 5.69 Å². The molecule has 0 spiro atoms. The highest BCUT2D eigenvalue weighted by atomic mass is 16.6. The Morgan fingerprint density at radius 2 is 2.25 bits per heavy atom. The molecule has 20 heavy (non-hydrogen) atoms. The molecule has 0 aromatic heterocycles. The summed E-state index contributed by atoms with van der Waals surface area (Å²) in [5, 5.41) is 23.2. The molecular formula is C14H19N3O3. The van der Waals surface area contributed by atoms with Crippen molar-refractivity contribution in [3.8, 4) is 11.8 Å². The Kier molecular flexibility index (Phi) is 5.47. The smallest absolute Gasteiger partial charge is 0.276 e. The minimum Gasteiger partial charge on any atom is -0.490 e. The van der Waals surface area contributed by atoms with Gasteiger partial charge >= 0.3 is 0 Å². The number of ether oxygens (including phenoxy) is 1. The Morgan fingerprint density at radius 1 is 1.55 bits per heavy atom. The summed E-state index contributed by atoms with van der Waals surface area (Å²) in [7, 11) is 0. The monoisotopic (exact) mass is 277 g/mol. The number of rotatable bonds is 7. The molecule has 1 rings (SSSR count). The van der Waals surface area contributed by atoms with Gasteiger partial charge in [0.15, 0.2) is 0 Å². The van der Waals surface area contributed by atoms with Crippen LogP contribution in [0.25, 0.3) is 0 Å². The van der Waals surface area contributed by atoms with Gasteiger partial charge in [-0.1, -0.05) is 13.0 Å². The molecule has 6 heteroatoms. The average molecular weight is 277 g/mol. The summed E-state index contributed by atoms with van der Waals surface area (Å²) >= 11 is 0. The molecule has 0 bridgehead atoms. The van der Waals surface area contributed by atoms with Gasteiger partial charge in [0.25, 0.3) is 5.69 Å². The third kappa shape index (κ3) is 3.93. The molecule has 0 aliphatic carbocycles. The van der Waals surface area contributed by atoms with Gasteiger partial charge in [0.2, 0.25) is 0 Å². The zero-order valence-electron chi connectivity index (χ0n) is 12.0. The molecule has 1 unspecified atom stereocenters. The summed E-state index contributed by atoms with van der Waals surface area (Å²) in [5.74, 6) is 0.430. The molecule has 1 atom stereocenters. The number of nitro benzene ring substituents is 1. The van der Waals surface area contributed by atoms with Gasteiger partial charge < -0.3 is 4.74 Å². The summed E-state index contributed by atoms with van der Waals surface area (Å²) in [4.78, 5) is 10.4. The van der Waals surface area contributed by atoms with Crippen molar-refractivity contribution >= 4 is 5.69 Å². The summed E-state index contributed by atoms with van der Waals surface area (Å²) < 4.78 is 5.59. The van der Waals surface area contributed by atoms with Crippen LogP contribution in [0, 0.1) is 28.4 Å². The third-order valence-electron chi connectivity index (χ3n) is 2.98. The fraction of sp³-hybridized carbons (Fsp3) is 0.500. The van der Waals surface area contributed by atoms with E-state index in [1.807, 2.05) is 6.92 Å². The van der Waals surface area contributed by atoms with Crippen LogP contribution in [0.5, 0.6) is 5.75 Å². The van der Waals surface area contributed by atoms with Gasteiger partial charge in [-0.15, -0.1) is 0 Å². The Bertz CT molecular complexity index is 525. The standard InChI is InChI=1S/C14H19N3O3/c1-4-8-16-14(3,9-15)10-20-13-7-5-6-12(11(13)2)17(18)19/h5-7,16H,4,8,10H2,1-3H3. The summed E-state index contributed by atoms with van der Waals surface area (Å²) in [6, 6.07) is 6.84. The summed E-state index contributed by atoms with van der Waals surface area (Å²) in [6.45, 7) is 6.23. The predicted octanol–water partition coefficient (Wildman–Crippen LogP) is 2.56. The maximum Gasteiger partial charge on any atom is 0.276 e. The Hall–Kier alpha value is -2.13. The van der Waals surface area contributed by atoms with Gasteiger partial charge in [-0.3, -0.25) is 15.4 Å². The molecule has 1 N–H and O–H groups in total. The fourth-order valence-electron chi connectivity index (χ4n) is 1.70. The van der Waals surface area contributed by atoms with Crippen molar-refractivity contribution in [1.82, 2.24) is 5.32 Å². The summed E-state index contributed by atoms with van der Waals surface area (Å²) in [6.07, 6.45) is 0.910. The first-order chi connectivity index (χ1) is 9.43. The number of hydrogen-bond acceptors (Lipinski definition) is 5. The van der Waals surface area contributed by atoms with Gasteiger partial charge in [-0.05, 0) is 32.9 Å². The minimum atomic E-state index is -0.812. The first-order valence-electron chi connectivity index (χ1n) is 6.46. The van der Waals surface area contributed by atoms with Crippen molar-refractivity contribution in [2.45, 2.75) is 32.7 Å². The largest absolute Gasteiger partial charge is 0.490 e. The lowest BCUT2D eigenvalue weighted by Crippen LogP contribution is -2.46. The molecule has 0 radical (unpaired) electrons. The predicted molar refractivity (Wildman–Crippen MR) is 75.6 cm³/mol. The zero-order chi connectivity index (χ0) is 15.2. The fourth-order valence-corrected chi connectivity index (χ4v) is 1.70. The van der Waals surface area contributed by atoms with Crippen LogP contribution < -0.4 is 10.1 Å². The lowest BCUT2D eigenvalue weighted by atomic mass is 10.1.